The maximum absolute atomic E-state index is 6.24. The molecular formula is C16H32N2. The Morgan fingerprint density at radius 3 is 2.33 bits per heavy atom. The highest BCUT2D eigenvalue weighted by atomic mass is 15.2. The summed E-state index contributed by atoms with van der Waals surface area (Å²) in [6, 6.07) is 0. The highest BCUT2D eigenvalue weighted by Crippen LogP contribution is 2.40. The molecule has 1 heterocycles. The first-order chi connectivity index (χ1) is 8.68. The molecule has 0 spiro atoms. The number of hydrogen-bond acceptors (Lipinski definition) is 2. The van der Waals surface area contributed by atoms with Gasteiger partial charge in [0.2, 0.25) is 0 Å². The van der Waals surface area contributed by atoms with Crippen LogP contribution in [0.15, 0.2) is 0 Å². The Labute approximate surface area is 113 Å². The van der Waals surface area contributed by atoms with Crippen molar-refractivity contribution >= 4 is 0 Å². The van der Waals surface area contributed by atoms with Gasteiger partial charge in [-0.1, -0.05) is 39.5 Å². The van der Waals surface area contributed by atoms with Crippen LogP contribution in [-0.2, 0) is 0 Å². The molecule has 0 aromatic carbocycles. The molecule has 2 rings (SSSR count). The fourth-order valence-corrected chi connectivity index (χ4v) is 4.10. The first-order valence-electron chi connectivity index (χ1n) is 8.13. The van der Waals surface area contributed by atoms with Crippen LogP contribution in [0.25, 0.3) is 0 Å². The van der Waals surface area contributed by atoms with Crippen molar-refractivity contribution in [3.05, 3.63) is 0 Å². The molecule has 0 aromatic rings. The van der Waals surface area contributed by atoms with Crippen molar-refractivity contribution in [1.29, 1.82) is 0 Å². The Bertz CT molecular complexity index is 243. The SMILES string of the molecule is CC(C)C1CCCC(CN)(N2CCCCCC2)C1. The molecule has 1 saturated carbocycles. The Hall–Kier alpha value is -0.0800. The van der Waals surface area contributed by atoms with Crippen molar-refractivity contribution in [1.82, 2.24) is 4.90 Å². The summed E-state index contributed by atoms with van der Waals surface area (Å²) in [7, 11) is 0. The second-order valence-corrected chi connectivity index (χ2v) is 6.93. The fourth-order valence-electron chi connectivity index (χ4n) is 4.10. The lowest BCUT2D eigenvalue weighted by Gasteiger charge is -2.49. The van der Waals surface area contributed by atoms with Crippen molar-refractivity contribution in [2.24, 2.45) is 17.6 Å². The van der Waals surface area contributed by atoms with Crippen LogP contribution in [0, 0.1) is 11.8 Å². The summed E-state index contributed by atoms with van der Waals surface area (Å²) in [5, 5.41) is 0. The van der Waals surface area contributed by atoms with E-state index < -0.39 is 0 Å². The van der Waals surface area contributed by atoms with Crippen LogP contribution in [0.4, 0.5) is 0 Å². The molecule has 2 unspecified atom stereocenters. The zero-order valence-corrected chi connectivity index (χ0v) is 12.5. The van der Waals surface area contributed by atoms with E-state index in [-0.39, 0.29) is 0 Å². The third-order valence-electron chi connectivity index (χ3n) is 5.46. The molecule has 2 heteroatoms. The second-order valence-electron chi connectivity index (χ2n) is 6.93. The van der Waals surface area contributed by atoms with Crippen molar-refractivity contribution < 1.29 is 0 Å². The zero-order chi connectivity index (χ0) is 13.0. The van der Waals surface area contributed by atoms with Crippen LogP contribution >= 0.6 is 0 Å². The molecule has 106 valence electrons. The summed E-state index contributed by atoms with van der Waals surface area (Å²) >= 11 is 0. The quantitative estimate of drug-likeness (QED) is 0.834. The van der Waals surface area contributed by atoms with Gasteiger partial charge >= 0.3 is 0 Å². The molecular weight excluding hydrogens is 220 g/mol. The van der Waals surface area contributed by atoms with Crippen LogP contribution in [0.1, 0.15) is 65.2 Å². The van der Waals surface area contributed by atoms with E-state index in [1.165, 1.54) is 64.5 Å². The minimum absolute atomic E-state index is 0.345. The van der Waals surface area contributed by atoms with Crippen LogP contribution < -0.4 is 5.73 Å². The average Bonchev–Trinajstić information content (AvgIpc) is 2.68. The summed E-state index contributed by atoms with van der Waals surface area (Å²) in [5.41, 5.74) is 6.59. The smallest absolute Gasteiger partial charge is 0.0334 e. The van der Waals surface area contributed by atoms with Gasteiger partial charge in [0.15, 0.2) is 0 Å². The molecule has 1 saturated heterocycles. The number of rotatable bonds is 3. The molecule has 1 aliphatic carbocycles. The summed E-state index contributed by atoms with van der Waals surface area (Å²) in [4.78, 5) is 2.77. The molecule has 18 heavy (non-hydrogen) atoms. The van der Waals surface area contributed by atoms with Crippen molar-refractivity contribution in [3.8, 4) is 0 Å². The summed E-state index contributed by atoms with van der Waals surface area (Å²) in [5.74, 6) is 1.72. The van der Waals surface area contributed by atoms with Crippen molar-refractivity contribution in [2.75, 3.05) is 19.6 Å². The topological polar surface area (TPSA) is 29.3 Å². The summed E-state index contributed by atoms with van der Waals surface area (Å²) in [6.45, 7) is 8.24. The third-order valence-corrected chi connectivity index (χ3v) is 5.46. The van der Waals surface area contributed by atoms with E-state index in [9.17, 15) is 0 Å². The Balaban J connectivity index is 2.07. The van der Waals surface area contributed by atoms with E-state index in [2.05, 4.69) is 18.7 Å². The predicted molar refractivity (Wildman–Crippen MR) is 78.6 cm³/mol. The Kier molecular flexibility index (Phi) is 5.08. The van der Waals surface area contributed by atoms with E-state index in [4.69, 9.17) is 5.73 Å². The van der Waals surface area contributed by atoms with Gasteiger partial charge in [0.25, 0.3) is 0 Å². The van der Waals surface area contributed by atoms with E-state index in [1.54, 1.807) is 0 Å². The van der Waals surface area contributed by atoms with Crippen LogP contribution in [0.3, 0.4) is 0 Å². The van der Waals surface area contributed by atoms with Gasteiger partial charge in [0, 0.05) is 12.1 Å². The van der Waals surface area contributed by atoms with Gasteiger partial charge in [-0.25, -0.2) is 0 Å². The van der Waals surface area contributed by atoms with Gasteiger partial charge in [-0.2, -0.15) is 0 Å². The standard InChI is InChI=1S/C16H32N2/c1-14(2)15-8-7-9-16(12-15,13-17)18-10-5-3-4-6-11-18/h14-15H,3-13,17H2,1-2H3. The molecule has 0 bridgehead atoms. The lowest BCUT2D eigenvalue weighted by Crippen LogP contribution is -2.57. The van der Waals surface area contributed by atoms with Gasteiger partial charge < -0.3 is 5.73 Å². The fraction of sp³-hybridized carbons (Fsp3) is 1.00. The number of hydrogen-bond donors (Lipinski definition) is 1. The lowest BCUT2D eigenvalue weighted by atomic mass is 9.70. The number of likely N-dealkylation sites (tertiary alicyclic amines) is 1. The van der Waals surface area contributed by atoms with Gasteiger partial charge in [-0.15, -0.1) is 0 Å². The molecule has 0 radical (unpaired) electrons. The molecule has 1 aliphatic heterocycles. The third kappa shape index (κ3) is 3.08. The molecule has 2 nitrogen and oxygen atoms in total. The number of nitrogens with two attached hydrogens (primary N) is 1. The van der Waals surface area contributed by atoms with Gasteiger partial charge in [0.1, 0.15) is 0 Å². The van der Waals surface area contributed by atoms with Crippen LogP contribution in [0.2, 0.25) is 0 Å². The normalized spacial score (nSPS) is 35.7. The molecule has 2 aliphatic rings. The van der Waals surface area contributed by atoms with E-state index in [0.717, 1.165) is 18.4 Å². The lowest BCUT2D eigenvalue weighted by molar-refractivity contribution is 0.0278. The molecule has 2 N–H and O–H groups in total. The monoisotopic (exact) mass is 252 g/mol. The first kappa shape index (κ1) is 14.3. The van der Waals surface area contributed by atoms with E-state index in [0.29, 0.717) is 5.54 Å². The highest BCUT2D eigenvalue weighted by molar-refractivity contribution is 4.97. The minimum atomic E-state index is 0.345. The molecule has 0 aromatic heterocycles. The number of nitrogens with zero attached hydrogens (tertiary/aromatic N) is 1. The molecule has 2 fully saturated rings. The second kappa shape index (κ2) is 6.38. The first-order valence-corrected chi connectivity index (χ1v) is 8.13. The van der Waals surface area contributed by atoms with E-state index in [1.807, 2.05) is 0 Å². The van der Waals surface area contributed by atoms with Crippen molar-refractivity contribution in [2.45, 2.75) is 70.8 Å². The Morgan fingerprint density at radius 2 is 1.78 bits per heavy atom. The minimum Gasteiger partial charge on any atom is -0.329 e. The molecule has 2 atom stereocenters. The maximum atomic E-state index is 6.24. The highest BCUT2D eigenvalue weighted by Gasteiger charge is 2.40. The summed E-state index contributed by atoms with van der Waals surface area (Å²) in [6.07, 6.45) is 11.1. The van der Waals surface area contributed by atoms with Gasteiger partial charge in [-0.3, -0.25) is 4.90 Å². The Morgan fingerprint density at radius 1 is 1.11 bits per heavy atom. The van der Waals surface area contributed by atoms with Crippen LogP contribution in [-0.4, -0.2) is 30.1 Å². The summed E-state index contributed by atoms with van der Waals surface area (Å²) < 4.78 is 0. The zero-order valence-electron chi connectivity index (χ0n) is 12.5. The predicted octanol–water partition coefficient (Wildman–Crippen LogP) is 3.41. The van der Waals surface area contributed by atoms with Crippen LogP contribution in [0.5, 0.6) is 0 Å². The largest absolute Gasteiger partial charge is 0.329 e. The molecule has 0 amide bonds. The van der Waals surface area contributed by atoms with Gasteiger partial charge in [0.05, 0.1) is 0 Å². The average molecular weight is 252 g/mol. The van der Waals surface area contributed by atoms with Gasteiger partial charge in [-0.05, 0) is 50.6 Å². The van der Waals surface area contributed by atoms with E-state index >= 15 is 0 Å². The van der Waals surface area contributed by atoms with Crippen molar-refractivity contribution in [3.63, 3.8) is 0 Å². The maximum Gasteiger partial charge on any atom is 0.0334 e.